The number of halogens is 2. The maximum Gasteiger partial charge on any atom is 0.339 e. The van der Waals surface area contributed by atoms with Gasteiger partial charge in [-0.15, -0.1) is 0 Å². The third kappa shape index (κ3) is 3.55. The Morgan fingerprint density at radius 3 is 2.94 bits per heavy atom. The van der Waals surface area contributed by atoms with Crippen LogP contribution in [0.15, 0.2) is 18.2 Å². The number of alkyl halides is 1. The number of methoxy groups -OCH3 is 1. The normalized spacial score (nSPS) is 9.19. The summed E-state index contributed by atoms with van der Waals surface area (Å²) in [6, 6.07) is 5.05. The molecule has 84 valence electrons. The summed E-state index contributed by atoms with van der Waals surface area (Å²) in [7, 11) is 1.32. The molecule has 0 aliphatic carbocycles. The molecular weight excluding hydrogens is 291 g/mol. The average molecular weight is 302 g/mol. The topological polar surface area (TPSA) is 26.3 Å². The van der Waals surface area contributed by atoms with Crippen LogP contribution in [0.1, 0.15) is 22.3 Å². The first-order chi connectivity index (χ1) is 7.69. The second kappa shape index (κ2) is 6.57. The molecule has 0 saturated carbocycles. The van der Waals surface area contributed by atoms with Crippen molar-refractivity contribution in [2.24, 2.45) is 0 Å². The first-order valence-electron chi connectivity index (χ1n) is 4.61. The SMILES string of the molecule is COC(=O)c1cc(C#CCCBr)ccc1Cl. The first kappa shape index (κ1) is 13.1. The van der Waals surface area contributed by atoms with Crippen LogP contribution in [0.2, 0.25) is 5.02 Å². The van der Waals surface area contributed by atoms with E-state index in [4.69, 9.17) is 11.6 Å². The van der Waals surface area contributed by atoms with Crippen LogP contribution in [0, 0.1) is 11.8 Å². The zero-order valence-electron chi connectivity index (χ0n) is 8.72. The van der Waals surface area contributed by atoms with Crippen molar-refractivity contribution in [3.63, 3.8) is 0 Å². The zero-order chi connectivity index (χ0) is 12.0. The molecule has 0 unspecified atom stereocenters. The lowest BCUT2D eigenvalue weighted by molar-refractivity contribution is 0.0601. The maximum atomic E-state index is 11.4. The second-order valence-electron chi connectivity index (χ2n) is 2.93. The van der Waals surface area contributed by atoms with Gasteiger partial charge in [0.15, 0.2) is 0 Å². The Bertz CT molecular complexity index is 446. The highest BCUT2D eigenvalue weighted by Crippen LogP contribution is 2.18. The predicted octanol–water partition coefficient (Wildman–Crippen LogP) is 3.26. The Hall–Kier alpha value is -0.980. The molecule has 0 aliphatic heterocycles. The van der Waals surface area contributed by atoms with E-state index in [1.165, 1.54) is 7.11 Å². The van der Waals surface area contributed by atoms with Crippen molar-refractivity contribution in [2.75, 3.05) is 12.4 Å². The molecule has 4 heteroatoms. The Balaban J connectivity index is 2.99. The van der Waals surface area contributed by atoms with E-state index < -0.39 is 5.97 Å². The maximum absolute atomic E-state index is 11.4. The standard InChI is InChI=1S/C12H10BrClO2/c1-16-12(15)10-8-9(4-2-3-7-13)5-6-11(10)14/h5-6,8H,3,7H2,1H3. The van der Waals surface area contributed by atoms with Crippen molar-refractivity contribution in [2.45, 2.75) is 6.42 Å². The number of hydrogen-bond acceptors (Lipinski definition) is 2. The van der Waals surface area contributed by atoms with Gasteiger partial charge in [0.05, 0.1) is 17.7 Å². The van der Waals surface area contributed by atoms with Gasteiger partial charge in [0.1, 0.15) is 0 Å². The van der Waals surface area contributed by atoms with Gasteiger partial charge in [0, 0.05) is 17.3 Å². The molecule has 0 fully saturated rings. The molecule has 0 heterocycles. The highest BCUT2D eigenvalue weighted by atomic mass is 79.9. The Morgan fingerprint density at radius 1 is 1.56 bits per heavy atom. The Kier molecular flexibility index (Phi) is 5.37. The van der Waals surface area contributed by atoms with Crippen LogP contribution in [0.3, 0.4) is 0 Å². The number of hydrogen-bond donors (Lipinski definition) is 0. The van der Waals surface area contributed by atoms with Gasteiger partial charge in [-0.05, 0) is 18.2 Å². The van der Waals surface area contributed by atoms with Crippen molar-refractivity contribution in [3.05, 3.63) is 34.3 Å². The van der Waals surface area contributed by atoms with Crippen molar-refractivity contribution in [1.82, 2.24) is 0 Å². The molecule has 1 rings (SSSR count). The highest BCUT2D eigenvalue weighted by molar-refractivity contribution is 9.09. The fourth-order valence-corrected chi connectivity index (χ4v) is 1.47. The van der Waals surface area contributed by atoms with Crippen LogP contribution >= 0.6 is 27.5 Å². The van der Waals surface area contributed by atoms with Gasteiger partial charge in [-0.3, -0.25) is 0 Å². The summed E-state index contributed by atoms with van der Waals surface area (Å²) >= 11 is 9.16. The average Bonchev–Trinajstić information content (AvgIpc) is 2.30. The summed E-state index contributed by atoms with van der Waals surface area (Å²) in [5.41, 5.74) is 1.10. The van der Waals surface area contributed by atoms with Gasteiger partial charge in [0.25, 0.3) is 0 Å². The van der Waals surface area contributed by atoms with Crippen molar-refractivity contribution < 1.29 is 9.53 Å². The number of carbonyl (C=O) groups excluding carboxylic acids is 1. The zero-order valence-corrected chi connectivity index (χ0v) is 11.1. The van der Waals surface area contributed by atoms with Crippen LogP contribution in [-0.2, 0) is 4.74 Å². The lowest BCUT2D eigenvalue weighted by Crippen LogP contribution is -2.02. The van der Waals surface area contributed by atoms with E-state index in [1.807, 2.05) is 0 Å². The summed E-state index contributed by atoms with van der Waals surface area (Å²) in [5, 5.41) is 1.20. The molecule has 0 radical (unpaired) electrons. The van der Waals surface area contributed by atoms with Crippen molar-refractivity contribution in [3.8, 4) is 11.8 Å². The summed E-state index contributed by atoms with van der Waals surface area (Å²) in [5.74, 6) is 5.46. The molecule has 0 amide bonds. The minimum atomic E-state index is -0.450. The van der Waals surface area contributed by atoms with E-state index in [1.54, 1.807) is 18.2 Å². The smallest absolute Gasteiger partial charge is 0.339 e. The van der Waals surface area contributed by atoms with Crippen LogP contribution < -0.4 is 0 Å². The molecule has 1 aromatic carbocycles. The molecule has 0 spiro atoms. The number of ether oxygens (including phenoxy) is 1. The van der Waals surface area contributed by atoms with E-state index in [0.717, 1.165) is 17.3 Å². The summed E-state index contributed by atoms with van der Waals surface area (Å²) < 4.78 is 4.62. The summed E-state index contributed by atoms with van der Waals surface area (Å²) in [6.07, 6.45) is 0.760. The number of rotatable bonds is 2. The molecule has 0 atom stereocenters. The number of esters is 1. The van der Waals surface area contributed by atoms with Crippen molar-refractivity contribution in [1.29, 1.82) is 0 Å². The van der Waals surface area contributed by atoms with Gasteiger partial charge in [-0.1, -0.05) is 39.4 Å². The van der Waals surface area contributed by atoms with E-state index in [2.05, 4.69) is 32.5 Å². The van der Waals surface area contributed by atoms with Gasteiger partial charge in [0.2, 0.25) is 0 Å². The largest absolute Gasteiger partial charge is 0.465 e. The van der Waals surface area contributed by atoms with Crippen LogP contribution in [-0.4, -0.2) is 18.4 Å². The van der Waals surface area contributed by atoms with Crippen LogP contribution in [0.5, 0.6) is 0 Å². The van der Waals surface area contributed by atoms with Crippen molar-refractivity contribution >= 4 is 33.5 Å². The third-order valence-electron chi connectivity index (χ3n) is 1.82. The van der Waals surface area contributed by atoms with E-state index in [0.29, 0.717) is 10.6 Å². The van der Waals surface area contributed by atoms with Gasteiger partial charge in [-0.2, -0.15) is 0 Å². The Labute approximate surface area is 108 Å². The molecule has 0 N–H and O–H groups in total. The minimum absolute atomic E-state index is 0.342. The van der Waals surface area contributed by atoms with E-state index in [-0.39, 0.29) is 0 Å². The summed E-state index contributed by atoms with van der Waals surface area (Å²) in [4.78, 5) is 11.4. The predicted molar refractivity (Wildman–Crippen MR) is 68.1 cm³/mol. The summed E-state index contributed by atoms with van der Waals surface area (Å²) in [6.45, 7) is 0. The fraction of sp³-hybridized carbons (Fsp3) is 0.250. The minimum Gasteiger partial charge on any atom is -0.465 e. The van der Waals surface area contributed by atoms with Gasteiger partial charge < -0.3 is 4.74 Å². The van der Waals surface area contributed by atoms with Gasteiger partial charge in [-0.25, -0.2) is 4.79 Å². The molecule has 0 aliphatic rings. The quantitative estimate of drug-likeness (QED) is 0.476. The molecule has 0 aromatic heterocycles. The van der Waals surface area contributed by atoms with Crippen LogP contribution in [0.25, 0.3) is 0 Å². The first-order valence-corrected chi connectivity index (χ1v) is 6.11. The molecule has 2 nitrogen and oxygen atoms in total. The van der Waals surface area contributed by atoms with E-state index in [9.17, 15) is 4.79 Å². The van der Waals surface area contributed by atoms with Gasteiger partial charge >= 0.3 is 5.97 Å². The monoisotopic (exact) mass is 300 g/mol. The molecule has 1 aromatic rings. The lowest BCUT2D eigenvalue weighted by Gasteiger charge is -2.02. The molecule has 0 bridgehead atoms. The lowest BCUT2D eigenvalue weighted by atomic mass is 10.1. The van der Waals surface area contributed by atoms with E-state index >= 15 is 0 Å². The second-order valence-corrected chi connectivity index (χ2v) is 4.13. The number of carbonyl (C=O) groups is 1. The Morgan fingerprint density at radius 2 is 2.31 bits per heavy atom. The molecule has 0 saturated heterocycles. The molecule has 16 heavy (non-hydrogen) atoms. The van der Waals surface area contributed by atoms with Crippen LogP contribution in [0.4, 0.5) is 0 Å². The fourth-order valence-electron chi connectivity index (χ4n) is 1.08. The highest BCUT2D eigenvalue weighted by Gasteiger charge is 2.10. The molecular formula is C12H10BrClO2. The third-order valence-corrected chi connectivity index (χ3v) is 2.55. The number of benzene rings is 1.